The van der Waals surface area contributed by atoms with Crippen LogP contribution in [0.1, 0.15) is 37.7 Å². The Hall–Kier alpha value is -0.863. The van der Waals surface area contributed by atoms with E-state index in [9.17, 15) is 0 Å². The normalized spacial score (nSPS) is 16.1. The maximum absolute atomic E-state index is 3.58. The van der Waals surface area contributed by atoms with Gasteiger partial charge < -0.3 is 5.32 Å². The van der Waals surface area contributed by atoms with Gasteiger partial charge in [-0.25, -0.2) is 0 Å². The summed E-state index contributed by atoms with van der Waals surface area (Å²) in [5.74, 6) is 0. The highest BCUT2D eigenvalue weighted by Gasteiger charge is 2.15. The standard InChI is InChI=1S/C18H29NSi/c1-20(2,3)18-11-9-17(10-12-18)15-19-14-13-16-7-5-4-6-8-16/h7,9-12,19H,4-6,8,13-15H2,1-3H3. The fourth-order valence-corrected chi connectivity index (χ4v) is 3.90. The van der Waals surface area contributed by atoms with Crippen molar-refractivity contribution in [2.24, 2.45) is 0 Å². The Morgan fingerprint density at radius 2 is 1.80 bits per heavy atom. The van der Waals surface area contributed by atoms with E-state index in [0.29, 0.717) is 0 Å². The summed E-state index contributed by atoms with van der Waals surface area (Å²) < 4.78 is 0. The average molecular weight is 288 g/mol. The summed E-state index contributed by atoms with van der Waals surface area (Å²) in [5.41, 5.74) is 3.07. The molecule has 0 aliphatic heterocycles. The molecular weight excluding hydrogens is 258 g/mol. The molecule has 2 rings (SSSR count). The molecule has 1 aliphatic carbocycles. The van der Waals surface area contributed by atoms with E-state index < -0.39 is 8.07 Å². The zero-order chi connectivity index (χ0) is 14.4. The van der Waals surface area contributed by atoms with Gasteiger partial charge in [0.1, 0.15) is 0 Å². The van der Waals surface area contributed by atoms with Crippen molar-refractivity contribution in [1.82, 2.24) is 5.32 Å². The van der Waals surface area contributed by atoms with Gasteiger partial charge in [-0.3, -0.25) is 0 Å². The molecule has 0 radical (unpaired) electrons. The minimum atomic E-state index is -1.14. The number of hydrogen-bond acceptors (Lipinski definition) is 1. The summed E-state index contributed by atoms with van der Waals surface area (Å²) in [7, 11) is -1.14. The topological polar surface area (TPSA) is 12.0 Å². The smallest absolute Gasteiger partial charge is 0.0775 e. The van der Waals surface area contributed by atoms with Crippen molar-refractivity contribution in [3.8, 4) is 0 Å². The minimum absolute atomic E-state index is 0.999. The SMILES string of the molecule is C[Si](C)(C)c1ccc(CNCCC2=CCCCC2)cc1. The Morgan fingerprint density at radius 3 is 2.40 bits per heavy atom. The number of rotatable bonds is 6. The van der Waals surface area contributed by atoms with Crippen LogP contribution in [0.25, 0.3) is 0 Å². The molecule has 1 aromatic carbocycles. The lowest BCUT2D eigenvalue weighted by Crippen LogP contribution is -2.37. The first-order chi connectivity index (χ1) is 9.55. The van der Waals surface area contributed by atoms with Gasteiger partial charge in [0.15, 0.2) is 0 Å². The highest BCUT2D eigenvalue weighted by Crippen LogP contribution is 2.19. The van der Waals surface area contributed by atoms with E-state index >= 15 is 0 Å². The van der Waals surface area contributed by atoms with Gasteiger partial charge in [-0.1, -0.05) is 60.7 Å². The van der Waals surface area contributed by atoms with E-state index in [0.717, 1.165) is 13.1 Å². The van der Waals surface area contributed by atoms with Crippen LogP contribution in [0.2, 0.25) is 19.6 Å². The highest BCUT2D eigenvalue weighted by molar-refractivity contribution is 6.88. The Kier molecular flexibility index (Phi) is 5.61. The third-order valence-corrected chi connectivity index (χ3v) is 6.22. The van der Waals surface area contributed by atoms with Crippen molar-refractivity contribution < 1.29 is 0 Å². The molecule has 0 atom stereocenters. The van der Waals surface area contributed by atoms with Crippen molar-refractivity contribution in [1.29, 1.82) is 0 Å². The predicted molar refractivity (Wildman–Crippen MR) is 92.3 cm³/mol. The molecule has 0 unspecified atom stereocenters. The third-order valence-electron chi connectivity index (χ3n) is 4.16. The second-order valence-corrected chi connectivity index (χ2v) is 12.1. The molecule has 1 N–H and O–H groups in total. The molecule has 0 aromatic heterocycles. The first kappa shape index (κ1) is 15.5. The van der Waals surface area contributed by atoms with E-state index in [4.69, 9.17) is 0 Å². The molecular formula is C18H29NSi. The highest BCUT2D eigenvalue weighted by atomic mass is 28.3. The Bertz CT molecular complexity index is 439. The molecule has 0 amide bonds. The fraction of sp³-hybridized carbons (Fsp3) is 0.556. The van der Waals surface area contributed by atoms with Crippen molar-refractivity contribution in [3.63, 3.8) is 0 Å². The first-order valence-electron chi connectivity index (χ1n) is 8.04. The molecule has 1 aromatic rings. The van der Waals surface area contributed by atoms with E-state index in [2.05, 4.69) is 55.3 Å². The molecule has 0 spiro atoms. The van der Waals surface area contributed by atoms with E-state index in [1.165, 1.54) is 37.7 Å². The van der Waals surface area contributed by atoms with Crippen LogP contribution in [0.15, 0.2) is 35.9 Å². The van der Waals surface area contributed by atoms with Gasteiger partial charge in [-0.2, -0.15) is 0 Å². The molecule has 0 fully saturated rings. The first-order valence-corrected chi connectivity index (χ1v) is 11.5. The Morgan fingerprint density at radius 1 is 1.05 bits per heavy atom. The average Bonchev–Trinajstić information content (AvgIpc) is 2.44. The number of benzene rings is 1. The predicted octanol–water partition coefficient (Wildman–Crippen LogP) is 4.21. The van der Waals surface area contributed by atoms with E-state index in [-0.39, 0.29) is 0 Å². The Labute approximate surface area is 125 Å². The van der Waals surface area contributed by atoms with Crippen LogP contribution in [0.5, 0.6) is 0 Å². The second kappa shape index (κ2) is 7.23. The quantitative estimate of drug-likeness (QED) is 0.469. The van der Waals surface area contributed by atoms with Crippen LogP contribution < -0.4 is 10.5 Å². The van der Waals surface area contributed by atoms with Crippen molar-refractivity contribution in [2.75, 3.05) is 6.54 Å². The zero-order valence-electron chi connectivity index (χ0n) is 13.3. The van der Waals surface area contributed by atoms with Gasteiger partial charge in [0.25, 0.3) is 0 Å². The number of nitrogens with one attached hydrogen (secondary N) is 1. The summed E-state index contributed by atoms with van der Waals surface area (Å²) in [4.78, 5) is 0. The van der Waals surface area contributed by atoms with Gasteiger partial charge >= 0.3 is 0 Å². The summed E-state index contributed by atoms with van der Waals surface area (Å²) in [6.07, 6.45) is 9.09. The van der Waals surface area contributed by atoms with Crippen LogP contribution in [-0.4, -0.2) is 14.6 Å². The van der Waals surface area contributed by atoms with Gasteiger partial charge in [-0.05, 0) is 44.2 Å². The fourth-order valence-electron chi connectivity index (χ4n) is 2.74. The lowest BCUT2D eigenvalue weighted by Gasteiger charge is -2.17. The molecule has 1 aliphatic rings. The maximum atomic E-state index is 3.58. The Balaban J connectivity index is 1.73. The molecule has 0 heterocycles. The van der Waals surface area contributed by atoms with Gasteiger partial charge in [0.05, 0.1) is 8.07 Å². The van der Waals surface area contributed by atoms with E-state index in [1.807, 2.05) is 0 Å². The summed E-state index contributed by atoms with van der Waals surface area (Å²) in [5, 5.41) is 5.13. The lowest BCUT2D eigenvalue weighted by atomic mass is 9.97. The molecule has 20 heavy (non-hydrogen) atoms. The second-order valence-electron chi connectivity index (χ2n) is 6.98. The summed E-state index contributed by atoms with van der Waals surface area (Å²) >= 11 is 0. The van der Waals surface area contributed by atoms with Gasteiger partial charge in [-0.15, -0.1) is 0 Å². The monoisotopic (exact) mass is 287 g/mol. The number of allylic oxidation sites excluding steroid dienone is 1. The molecule has 0 bridgehead atoms. The zero-order valence-corrected chi connectivity index (χ0v) is 14.3. The van der Waals surface area contributed by atoms with Gasteiger partial charge in [0, 0.05) is 6.54 Å². The number of hydrogen-bond donors (Lipinski definition) is 1. The largest absolute Gasteiger partial charge is 0.312 e. The molecule has 1 nitrogen and oxygen atoms in total. The molecule has 0 saturated heterocycles. The molecule has 2 heteroatoms. The van der Waals surface area contributed by atoms with Crippen LogP contribution in [0.4, 0.5) is 0 Å². The molecule has 0 saturated carbocycles. The molecule has 110 valence electrons. The van der Waals surface area contributed by atoms with Crippen LogP contribution in [-0.2, 0) is 6.54 Å². The van der Waals surface area contributed by atoms with Crippen molar-refractivity contribution in [2.45, 2.75) is 58.3 Å². The lowest BCUT2D eigenvalue weighted by molar-refractivity contribution is 0.632. The maximum Gasteiger partial charge on any atom is 0.0775 e. The summed E-state index contributed by atoms with van der Waals surface area (Å²) in [6, 6.07) is 9.24. The summed E-state index contributed by atoms with van der Waals surface area (Å²) in [6.45, 7) is 9.31. The van der Waals surface area contributed by atoms with Crippen molar-refractivity contribution in [3.05, 3.63) is 41.5 Å². The van der Waals surface area contributed by atoms with Crippen LogP contribution >= 0.6 is 0 Å². The van der Waals surface area contributed by atoms with Crippen LogP contribution in [0.3, 0.4) is 0 Å². The third kappa shape index (κ3) is 4.91. The van der Waals surface area contributed by atoms with Gasteiger partial charge in [0.2, 0.25) is 0 Å². The van der Waals surface area contributed by atoms with E-state index in [1.54, 1.807) is 10.8 Å². The van der Waals surface area contributed by atoms with Crippen molar-refractivity contribution >= 4 is 13.3 Å². The van der Waals surface area contributed by atoms with Crippen LogP contribution in [0, 0.1) is 0 Å². The minimum Gasteiger partial charge on any atom is -0.312 e.